The first-order valence-corrected chi connectivity index (χ1v) is 9.51. The Balaban J connectivity index is 1.41. The van der Waals surface area contributed by atoms with Gasteiger partial charge in [-0.1, -0.05) is 37.8 Å². The molecule has 1 aromatic carbocycles. The van der Waals surface area contributed by atoms with Crippen LogP contribution >= 0.6 is 0 Å². The monoisotopic (exact) mass is 330 g/mol. The number of hydrogen-bond donors (Lipinski definition) is 2. The molecule has 0 bridgehead atoms. The third-order valence-corrected chi connectivity index (χ3v) is 5.54. The Morgan fingerprint density at radius 1 is 1.00 bits per heavy atom. The summed E-state index contributed by atoms with van der Waals surface area (Å²) in [7, 11) is 0. The Hall–Kier alpha value is -1.55. The summed E-state index contributed by atoms with van der Waals surface area (Å²) in [6, 6.07) is 7.97. The average molecular weight is 330 g/mol. The van der Waals surface area contributed by atoms with Gasteiger partial charge in [0.1, 0.15) is 5.75 Å². The number of phenols is 1. The fraction of sp³-hybridized carbons (Fsp3) is 0.650. The van der Waals surface area contributed by atoms with Gasteiger partial charge in [0.15, 0.2) is 0 Å². The van der Waals surface area contributed by atoms with E-state index >= 15 is 0 Å². The van der Waals surface area contributed by atoms with Gasteiger partial charge >= 0.3 is 0 Å². The van der Waals surface area contributed by atoms with Crippen molar-refractivity contribution in [2.75, 3.05) is 19.6 Å². The summed E-state index contributed by atoms with van der Waals surface area (Å²) in [6.45, 7) is 2.49. The second kappa shape index (κ2) is 8.52. The molecule has 0 aromatic heterocycles. The third-order valence-electron chi connectivity index (χ3n) is 5.54. The molecule has 1 heterocycles. The van der Waals surface area contributed by atoms with E-state index in [4.69, 9.17) is 0 Å². The molecular weight excluding hydrogens is 300 g/mol. The Morgan fingerprint density at radius 3 is 2.25 bits per heavy atom. The van der Waals surface area contributed by atoms with Gasteiger partial charge in [-0.15, -0.1) is 0 Å². The van der Waals surface area contributed by atoms with Crippen LogP contribution in [0.3, 0.4) is 0 Å². The van der Waals surface area contributed by atoms with Crippen molar-refractivity contribution in [1.82, 2.24) is 10.2 Å². The van der Waals surface area contributed by atoms with Crippen LogP contribution in [-0.4, -0.2) is 41.6 Å². The predicted molar refractivity (Wildman–Crippen MR) is 96.2 cm³/mol. The number of likely N-dealkylation sites (tertiary alicyclic amines) is 1. The maximum atomic E-state index is 12.3. The highest BCUT2D eigenvalue weighted by Gasteiger charge is 2.23. The molecule has 0 unspecified atom stereocenters. The quantitative estimate of drug-likeness (QED) is 0.832. The summed E-state index contributed by atoms with van der Waals surface area (Å²) in [6.07, 6.45) is 9.60. The molecule has 1 saturated carbocycles. The van der Waals surface area contributed by atoms with Crippen molar-refractivity contribution >= 4 is 5.91 Å². The summed E-state index contributed by atoms with van der Waals surface area (Å²) in [5.74, 6) is 1.07. The second-order valence-corrected chi connectivity index (χ2v) is 7.40. The van der Waals surface area contributed by atoms with Gasteiger partial charge in [-0.2, -0.15) is 0 Å². The van der Waals surface area contributed by atoms with Crippen LogP contribution in [0.2, 0.25) is 0 Å². The van der Waals surface area contributed by atoms with Gasteiger partial charge in [-0.05, 0) is 62.4 Å². The lowest BCUT2D eigenvalue weighted by atomic mass is 9.89. The van der Waals surface area contributed by atoms with Gasteiger partial charge in [0, 0.05) is 6.04 Å². The van der Waals surface area contributed by atoms with Gasteiger partial charge in [-0.3, -0.25) is 9.69 Å². The molecule has 4 heteroatoms. The Morgan fingerprint density at radius 2 is 1.62 bits per heavy atom. The molecule has 2 N–H and O–H groups in total. The Labute approximate surface area is 145 Å². The van der Waals surface area contributed by atoms with Crippen LogP contribution in [0.1, 0.15) is 62.8 Å². The number of hydrogen-bond acceptors (Lipinski definition) is 3. The number of carbonyl (C=O) groups excluding carboxylic acids is 1. The zero-order valence-corrected chi connectivity index (χ0v) is 14.5. The van der Waals surface area contributed by atoms with Crippen LogP contribution < -0.4 is 5.32 Å². The van der Waals surface area contributed by atoms with Crippen LogP contribution in [0.5, 0.6) is 5.75 Å². The molecular formula is C20H30N2O2. The molecule has 1 aliphatic carbocycles. The van der Waals surface area contributed by atoms with Crippen molar-refractivity contribution in [2.45, 2.75) is 63.3 Å². The zero-order chi connectivity index (χ0) is 16.8. The number of nitrogens with zero attached hydrogens (tertiary/aromatic N) is 1. The van der Waals surface area contributed by atoms with Gasteiger partial charge in [0.25, 0.3) is 0 Å². The summed E-state index contributed by atoms with van der Waals surface area (Å²) in [5.41, 5.74) is 1.30. The molecule has 0 radical (unpaired) electrons. The fourth-order valence-corrected chi connectivity index (χ4v) is 4.07. The molecule has 3 rings (SSSR count). The molecule has 1 amide bonds. The third kappa shape index (κ3) is 4.97. The van der Waals surface area contributed by atoms with E-state index in [1.807, 2.05) is 12.1 Å². The summed E-state index contributed by atoms with van der Waals surface area (Å²) in [4.78, 5) is 14.6. The van der Waals surface area contributed by atoms with Crippen molar-refractivity contribution in [3.8, 4) is 5.75 Å². The van der Waals surface area contributed by atoms with Gasteiger partial charge in [0.2, 0.25) is 5.91 Å². The summed E-state index contributed by atoms with van der Waals surface area (Å²) in [5, 5.41) is 12.6. The lowest BCUT2D eigenvalue weighted by Crippen LogP contribution is -2.44. The SMILES string of the molecule is O=C(CN1CCC(c2ccc(O)cc2)CC1)NC1CCCCCC1. The first kappa shape index (κ1) is 17.3. The van der Waals surface area contributed by atoms with Crippen LogP contribution in [0.25, 0.3) is 0 Å². The highest BCUT2D eigenvalue weighted by atomic mass is 16.3. The van der Waals surface area contributed by atoms with E-state index in [9.17, 15) is 9.90 Å². The number of benzene rings is 1. The van der Waals surface area contributed by atoms with E-state index in [2.05, 4.69) is 10.2 Å². The van der Waals surface area contributed by atoms with Crippen molar-refractivity contribution in [2.24, 2.45) is 0 Å². The molecule has 2 aliphatic rings. The molecule has 1 saturated heterocycles. The number of nitrogens with one attached hydrogen (secondary N) is 1. The van der Waals surface area contributed by atoms with E-state index in [0.717, 1.165) is 38.8 Å². The molecule has 1 aromatic rings. The zero-order valence-electron chi connectivity index (χ0n) is 14.5. The second-order valence-electron chi connectivity index (χ2n) is 7.40. The molecule has 0 spiro atoms. The minimum absolute atomic E-state index is 0.199. The molecule has 2 fully saturated rings. The minimum atomic E-state index is 0.199. The Kier molecular flexibility index (Phi) is 6.13. The molecule has 0 atom stereocenters. The van der Waals surface area contributed by atoms with E-state index in [1.165, 1.54) is 31.2 Å². The Bertz CT molecular complexity index is 513. The van der Waals surface area contributed by atoms with Crippen LogP contribution in [0, 0.1) is 0 Å². The average Bonchev–Trinajstić information content (AvgIpc) is 2.85. The number of amides is 1. The number of piperidine rings is 1. The highest BCUT2D eigenvalue weighted by Crippen LogP contribution is 2.28. The minimum Gasteiger partial charge on any atom is -0.508 e. The van der Waals surface area contributed by atoms with E-state index in [0.29, 0.717) is 24.3 Å². The van der Waals surface area contributed by atoms with Crippen LogP contribution in [0.15, 0.2) is 24.3 Å². The molecule has 24 heavy (non-hydrogen) atoms. The molecule has 132 valence electrons. The number of carbonyl (C=O) groups is 1. The van der Waals surface area contributed by atoms with Crippen molar-refractivity contribution < 1.29 is 9.90 Å². The van der Waals surface area contributed by atoms with E-state index in [1.54, 1.807) is 12.1 Å². The standard InChI is InChI=1S/C20H30N2O2/c23-19-9-7-16(8-10-19)17-11-13-22(14-12-17)15-20(24)21-18-5-3-1-2-4-6-18/h7-10,17-18,23H,1-6,11-15H2,(H,21,24). The largest absolute Gasteiger partial charge is 0.508 e. The smallest absolute Gasteiger partial charge is 0.234 e. The van der Waals surface area contributed by atoms with Crippen LogP contribution in [-0.2, 0) is 4.79 Å². The number of rotatable bonds is 4. The highest BCUT2D eigenvalue weighted by molar-refractivity contribution is 5.78. The van der Waals surface area contributed by atoms with Crippen molar-refractivity contribution in [3.05, 3.63) is 29.8 Å². The summed E-state index contributed by atoms with van der Waals surface area (Å²) >= 11 is 0. The topological polar surface area (TPSA) is 52.6 Å². The van der Waals surface area contributed by atoms with Crippen LogP contribution in [0.4, 0.5) is 0 Å². The molecule has 1 aliphatic heterocycles. The lowest BCUT2D eigenvalue weighted by molar-refractivity contribution is -0.123. The van der Waals surface area contributed by atoms with Crippen molar-refractivity contribution in [1.29, 1.82) is 0 Å². The fourth-order valence-electron chi connectivity index (χ4n) is 4.07. The van der Waals surface area contributed by atoms with Gasteiger partial charge in [-0.25, -0.2) is 0 Å². The first-order valence-electron chi connectivity index (χ1n) is 9.51. The normalized spacial score (nSPS) is 21.3. The molecule has 4 nitrogen and oxygen atoms in total. The maximum Gasteiger partial charge on any atom is 0.234 e. The predicted octanol–water partition coefficient (Wildman–Crippen LogP) is 3.41. The van der Waals surface area contributed by atoms with Gasteiger partial charge in [0.05, 0.1) is 6.54 Å². The maximum absolute atomic E-state index is 12.3. The summed E-state index contributed by atoms with van der Waals surface area (Å²) < 4.78 is 0. The van der Waals surface area contributed by atoms with E-state index in [-0.39, 0.29) is 5.91 Å². The first-order chi connectivity index (χ1) is 11.7. The van der Waals surface area contributed by atoms with Gasteiger partial charge < -0.3 is 10.4 Å². The van der Waals surface area contributed by atoms with E-state index < -0.39 is 0 Å². The number of aromatic hydroxyl groups is 1. The number of phenolic OH excluding ortho intramolecular Hbond substituents is 1. The lowest BCUT2D eigenvalue weighted by Gasteiger charge is -2.32. The van der Waals surface area contributed by atoms with Crippen molar-refractivity contribution in [3.63, 3.8) is 0 Å².